The monoisotopic (exact) mass is 472 g/mol. The quantitative estimate of drug-likeness (QED) is 0.483. The van der Waals surface area contributed by atoms with Gasteiger partial charge in [-0.1, -0.05) is 0 Å². The molecule has 1 aliphatic heterocycles. The molecule has 0 aliphatic carbocycles. The van der Waals surface area contributed by atoms with E-state index < -0.39 is 13.8 Å². The van der Waals surface area contributed by atoms with Gasteiger partial charge in [-0.2, -0.15) is 0 Å². The fourth-order valence-corrected chi connectivity index (χ4v) is 19.4. The molecule has 0 atom stereocenters. The Kier molecular flexibility index (Phi) is 3.96. The number of allylic oxidation sites excluding steroid dienone is 3. The Morgan fingerprint density at radius 2 is 1.71 bits per heavy atom. The maximum absolute atomic E-state index is 4.04. The normalized spacial score (nSPS) is 20.2. The van der Waals surface area contributed by atoms with E-state index in [2.05, 4.69) is 88.8 Å². The van der Waals surface area contributed by atoms with Crippen LogP contribution in [0.1, 0.15) is 26.3 Å². The van der Waals surface area contributed by atoms with Crippen molar-refractivity contribution in [1.29, 1.82) is 0 Å². The van der Waals surface area contributed by atoms with Gasteiger partial charge in [0, 0.05) is 0 Å². The Bertz CT molecular complexity index is 493. The van der Waals surface area contributed by atoms with Crippen LogP contribution in [0.25, 0.3) is 6.08 Å². The van der Waals surface area contributed by atoms with Crippen LogP contribution >= 0.6 is 25.5 Å². The first-order chi connectivity index (χ1) is 7.83. The molecule has 0 saturated heterocycles. The number of fused-ring (bicyclic) bond motifs is 1. The number of rotatable bonds is 0. The molecule has 0 radical (unpaired) electrons. The van der Waals surface area contributed by atoms with Gasteiger partial charge in [0.15, 0.2) is 0 Å². The zero-order chi connectivity index (χ0) is 12.7. The third-order valence-corrected chi connectivity index (χ3v) is 18.4. The van der Waals surface area contributed by atoms with Crippen molar-refractivity contribution in [3.63, 3.8) is 0 Å². The van der Waals surface area contributed by atoms with Gasteiger partial charge in [-0.3, -0.25) is 0 Å². The van der Waals surface area contributed by atoms with E-state index in [1.165, 1.54) is 12.8 Å². The van der Waals surface area contributed by atoms with Crippen LogP contribution in [-0.4, -0.2) is 13.8 Å². The van der Waals surface area contributed by atoms with Crippen molar-refractivity contribution in [3.05, 3.63) is 45.6 Å². The van der Waals surface area contributed by atoms with E-state index in [-0.39, 0.29) is 5.41 Å². The molecule has 0 amide bonds. The topological polar surface area (TPSA) is 0 Å². The minimum atomic E-state index is -2.50. The third-order valence-electron chi connectivity index (χ3n) is 2.73. The van der Waals surface area contributed by atoms with Crippen LogP contribution in [-0.2, 0) is 0 Å². The molecule has 0 unspecified atom stereocenters. The Hall–Kier alpha value is 0.450. The van der Waals surface area contributed by atoms with E-state index in [4.69, 9.17) is 0 Å². The van der Waals surface area contributed by atoms with Crippen LogP contribution in [0.3, 0.4) is 0 Å². The summed E-state index contributed by atoms with van der Waals surface area (Å²) in [6, 6.07) is 8.66. The number of hydrogen-bond acceptors (Lipinski definition) is 0. The van der Waals surface area contributed by atoms with Gasteiger partial charge >= 0.3 is 121 Å². The molecule has 17 heavy (non-hydrogen) atoms. The molecule has 0 fully saturated rings. The van der Waals surface area contributed by atoms with Crippen molar-refractivity contribution in [3.8, 4) is 0 Å². The average Bonchev–Trinajstić information content (AvgIpc) is 2.35. The fourth-order valence-electron chi connectivity index (χ4n) is 1.93. The molecule has 1 aromatic carbocycles. The molecule has 0 aromatic heterocycles. The second kappa shape index (κ2) is 4.85. The predicted octanol–water partition coefficient (Wildman–Crippen LogP) is 4.66. The first-order valence-electron chi connectivity index (χ1n) is 5.54. The molecule has 0 bridgehead atoms. The molecule has 0 saturated carbocycles. The molecular formula is C14H16Br2Te. The summed E-state index contributed by atoms with van der Waals surface area (Å²) in [6.45, 7) is 6.84. The first-order valence-corrected chi connectivity index (χ1v) is 18.3. The van der Waals surface area contributed by atoms with E-state index in [0.717, 1.165) is 0 Å². The van der Waals surface area contributed by atoms with Gasteiger partial charge in [0.25, 0.3) is 0 Å². The van der Waals surface area contributed by atoms with Crippen molar-refractivity contribution >= 4 is 49.0 Å². The summed E-state index contributed by atoms with van der Waals surface area (Å²) in [5.74, 6) is 0. The zero-order valence-electron chi connectivity index (χ0n) is 10.2. The van der Waals surface area contributed by atoms with E-state index >= 15 is 0 Å². The van der Waals surface area contributed by atoms with Gasteiger partial charge in [-0.05, 0) is 0 Å². The van der Waals surface area contributed by atoms with Gasteiger partial charge in [-0.25, -0.2) is 0 Å². The van der Waals surface area contributed by atoms with E-state index in [0.29, 0.717) is 0 Å². The molecule has 0 spiro atoms. The first kappa shape index (κ1) is 13.9. The van der Waals surface area contributed by atoms with Gasteiger partial charge in [0.1, 0.15) is 0 Å². The molecule has 3 heteroatoms. The third kappa shape index (κ3) is 2.73. The number of hydrogen-bond donors (Lipinski definition) is 0. The van der Waals surface area contributed by atoms with Crippen LogP contribution in [0.15, 0.2) is 40.0 Å². The van der Waals surface area contributed by atoms with E-state index in [1.807, 2.05) is 0 Å². The van der Waals surface area contributed by atoms with Gasteiger partial charge in [0.05, 0.1) is 0 Å². The zero-order valence-corrected chi connectivity index (χ0v) is 15.7. The van der Waals surface area contributed by atoms with Gasteiger partial charge in [0.2, 0.25) is 0 Å². The molecule has 1 aliphatic rings. The molecule has 1 aromatic rings. The van der Waals surface area contributed by atoms with Crippen LogP contribution < -0.4 is 3.61 Å². The van der Waals surface area contributed by atoms with E-state index in [1.54, 1.807) is 0 Å². The number of halogens is 2. The Morgan fingerprint density at radius 3 is 2.35 bits per heavy atom. The molecule has 0 nitrogen and oxygen atoms in total. The average molecular weight is 472 g/mol. The predicted molar refractivity (Wildman–Crippen MR) is 86.3 cm³/mol. The van der Waals surface area contributed by atoms with Crippen LogP contribution in [0.4, 0.5) is 0 Å². The van der Waals surface area contributed by atoms with Crippen LogP contribution in [0.2, 0.25) is 0 Å². The second-order valence-corrected chi connectivity index (χ2v) is 29.2. The second-order valence-electron chi connectivity index (χ2n) is 5.15. The van der Waals surface area contributed by atoms with E-state index in [9.17, 15) is 0 Å². The minimum absolute atomic E-state index is 0.190. The van der Waals surface area contributed by atoms with Crippen molar-refractivity contribution in [1.82, 2.24) is 0 Å². The molecule has 92 valence electrons. The standard InChI is InChI=1S/C14H16Br2Te/c1-14(2,3)13-10-6-8-11-7-4-5-9-12(11)17(13,15)16/h4-10H,1-3H3. The molecular weight excluding hydrogens is 456 g/mol. The van der Waals surface area contributed by atoms with Crippen molar-refractivity contribution in [2.45, 2.75) is 20.8 Å². The summed E-state index contributed by atoms with van der Waals surface area (Å²) < 4.78 is 2.96. The van der Waals surface area contributed by atoms with Gasteiger partial charge in [-0.15, -0.1) is 0 Å². The molecule has 1 heterocycles. The van der Waals surface area contributed by atoms with Crippen LogP contribution in [0.5, 0.6) is 0 Å². The number of benzene rings is 1. The summed E-state index contributed by atoms with van der Waals surface area (Å²) in [7, 11) is 0. The van der Waals surface area contributed by atoms with Crippen molar-refractivity contribution < 1.29 is 0 Å². The Labute approximate surface area is 120 Å². The summed E-state index contributed by atoms with van der Waals surface area (Å²) in [6.07, 6.45) is 6.66. The summed E-state index contributed by atoms with van der Waals surface area (Å²) in [4.78, 5) is 0. The summed E-state index contributed by atoms with van der Waals surface area (Å²) in [5, 5.41) is 0. The maximum atomic E-state index is 4.04. The Balaban J connectivity index is 2.64. The fraction of sp³-hybridized carbons (Fsp3) is 0.286. The summed E-state index contributed by atoms with van der Waals surface area (Å²) in [5.41, 5.74) is 1.52. The van der Waals surface area contributed by atoms with Crippen molar-refractivity contribution in [2.24, 2.45) is 5.41 Å². The Morgan fingerprint density at radius 1 is 1.06 bits per heavy atom. The SMILES string of the molecule is CC(C)(C)C1=CC=Cc2ccccc2[Te]1(Br)Br. The molecule has 2 rings (SSSR count). The van der Waals surface area contributed by atoms with Gasteiger partial charge < -0.3 is 0 Å². The summed E-state index contributed by atoms with van der Waals surface area (Å²) >= 11 is 5.58. The van der Waals surface area contributed by atoms with Crippen molar-refractivity contribution in [2.75, 3.05) is 0 Å². The molecule has 0 N–H and O–H groups in total. The van der Waals surface area contributed by atoms with Crippen LogP contribution in [0, 0.1) is 5.41 Å².